The van der Waals surface area contributed by atoms with Crippen molar-refractivity contribution in [2.45, 2.75) is 6.54 Å². The summed E-state index contributed by atoms with van der Waals surface area (Å²) in [6.07, 6.45) is 5.30. The van der Waals surface area contributed by atoms with Crippen LogP contribution in [0.5, 0.6) is 5.75 Å². The van der Waals surface area contributed by atoms with Gasteiger partial charge >= 0.3 is 0 Å². The van der Waals surface area contributed by atoms with Crippen LogP contribution in [-0.4, -0.2) is 22.6 Å². The second-order valence-electron chi connectivity index (χ2n) is 5.05. The summed E-state index contributed by atoms with van der Waals surface area (Å²) in [5, 5.41) is 2.91. The lowest BCUT2D eigenvalue weighted by Gasteiger charge is -2.08. The normalized spacial score (nSPS) is 10.3. The van der Waals surface area contributed by atoms with Gasteiger partial charge in [-0.05, 0) is 42.0 Å². The quantitative estimate of drug-likeness (QED) is 0.788. The van der Waals surface area contributed by atoms with E-state index in [4.69, 9.17) is 4.74 Å². The molecule has 0 aliphatic heterocycles. The van der Waals surface area contributed by atoms with Crippen LogP contribution in [0.3, 0.4) is 0 Å². The molecule has 5 heteroatoms. The van der Waals surface area contributed by atoms with Gasteiger partial charge in [-0.15, -0.1) is 0 Å². The van der Waals surface area contributed by atoms with Crippen LogP contribution >= 0.6 is 0 Å². The predicted octanol–water partition coefficient (Wildman–Crippen LogP) is 2.81. The molecule has 0 atom stereocenters. The molecule has 0 bridgehead atoms. The van der Waals surface area contributed by atoms with E-state index in [1.54, 1.807) is 31.8 Å². The molecule has 0 radical (unpaired) electrons. The van der Waals surface area contributed by atoms with Crippen LogP contribution < -0.4 is 10.1 Å². The molecule has 0 aliphatic rings. The first-order valence-electron chi connectivity index (χ1n) is 7.26. The van der Waals surface area contributed by atoms with E-state index in [0.29, 0.717) is 12.1 Å². The number of nitrogens with zero attached hydrogens (tertiary/aromatic N) is 2. The molecule has 1 aromatic heterocycles. The molecule has 1 amide bonds. The number of amides is 1. The zero-order valence-electron chi connectivity index (χ0n) is 12.8. The van der Waals surface area contributed by atoms with Gasteiger partial charge in [0.2, 0.25) is 0 Å². The van der Waals surface area contributed by atoms with Gasteiger partial charge in [-0.1, -0.05) is 12.1 Å². The smallest absolute Gasteiger partial charge is 0.251 e. The Kier molecular flexibility index (Phi) is 4.38. The fraction of sp³-hybridized carbons (Fsp3) is 0.111. The Balaban J connectivity index is 1.64. The molecule has 0 saturated carbocycles. The molecule has 2 aromatic carbocycles. The lowest BCUT2D eigenvalue weighted by atomic mass is 10.1. The summed E-state index contributed by atoms with van der Waals surface area (Å²) in [4.78, 5) is 16.2. The van der Waals surface area contributed by atoms with Crippen molar-refractivity contribution in [3.8, 4) is 11.4 Å². The number of benzene rings is 2. The molecule has 5 nitrogen and oxygen atoms in total. The van der Waals surface area contributed by atoms with Gasteiger partial charge in [0, 0.05) is 30.2 Å². The summed E-state index contributed by atoms with van der Waals surface area (Å²) in [6, 6.07) is 15.0. The average Bonchev–Trinajstić information content (AvgIpc) is 3.14. The Labute approximate surface area is 134 Å². The number of hydrogen-bond donors (Lipinski definition) is 1. The first-order chi connectivity index (χ1) is 11.3. The highest BCUT2D eigenvalue weighted by molar-refractivity contribution is 5.94. The summed E-state index contributed by atoms with van der Waals surface area (Å²) in [6.45, 7) is 0.458. The van der Waals surface area contributed by atoms with Gasteiger partial charge < -0.3 is 14.6 Å². The number of carbonyl (C=O) groups is 1. The van der Waals surface area contributed by atoms with E-state index in [9.17, 15) is 4.79 Å². The summed E-state index contributed by atoms with van der Waals surface area (Å²) in [5.41, 5.74) is 2.58. The van der Waals surface area contributed by atoms with Gasteiger partial charge in [0.1, 0.15) is 5.75 Å². The van der Waals surface area contributed by atoms with E-state index >= 15 is 0 Å². The largest absolute Gasteiger partial charge is 0.497 e. The van der Waals surface area contributed by atoms with Crippen LogP contribution in [0.1, 0.15) is 15.9 Å². The molecule has 0 unspecified atom stereocenters. The average molecular weight is 307 g/mol. The number of nitrogens with one attached hydrogen (secondary N) is 1. The third kappa shape index (κ3) is 3.58. The zero-order valence-corrected chi connectivity index (χ0v) is 12.8. The minimum atomic E-state index is -0.106. The number of carbonyl (C=O) groups excluding carboxylic acids is 1. The number of imidazole rings is 1. The number of aromatic nitrogens is 2. The summed E-state index contributed by atoms with van der Waals surface area (Å²) >= 11 is 0. The van der Waals surface area contributed by atoms with E-state index in [0.717, 1.165) is 17.0 Å². The van der Waals surface area contributed by atoms with Gasteiger partial charge in [0.15, 0.2) is 0 Å². The van der Waals surface area contributed by atoms with Crippen molar-refractivity contribution in [1.82, 2.24) is 14.9 Å². The minimum Gasteiger partial charge on any atom is -0.497 e. The SMILES string of the molecule is COc1cccc(CNC(=O)c2ccc(-n3ccnc3)cc2)c1. The van der Waals surface area contributed by atoms with Crippen molar-refractivity contribution >= 4 is 5.91 Å². The van der Waals surface area contributed by atoms with Gasteiger partial charge in [-0.25, -0.2) is 4.98 Å². The van der Waals surface area contributed by atoms with Crippen LogP contribution in [0.25, 0.3) is 5.69 Å². The van der Waals surface area contributed by atoms with Crippen molar-refractivity contribution < 1.29 is 9.53 Å². The Hall–Kier alpha value is -3.08. The summed E-state index contributed by atoms with van der Waals surface area (Å²) < 4.78 is 7.06. The Morgan fingerprint density at radius 3 is 2.74 bits per heavy atom. The monoisotopic (exact) mass is 307 g/mol. The molecule has 1 N–H and O–H groups in total. The number of ether oxygens (including phenoxy) is 1. The van der Waals surface area contributed by atoms with E-state index in [1.807, 2.05) is 47.2 Å². The molecule has 116 valence electrons. The molecule has 1 heterocycles. The van der Waals surface area contributed by atoms with Crippen LogP contribution in [0, 0.1) is 0 Å². The molecule has 3 rings (SSSR count). The predicted molar refractivity (Wildman–Crippen MR) is 87.7 cm³/mol. The second-order valence-corrected chi connectivity index (χ2v) is 5.05. The molecule has 3 aromatic rings. The van der Waals surface area contributed by atoms with Gasteiger partial charge in [0.05, 0.1) is 13.4 Å². The van der Waals surface area contributed by atoms with Gasteiger partial charge in [-0.3, -0.25) is 4.79 Å². The van der Waals surface area contributed by atoms with Gasteiger partial charge in [0.25, 0.3) is 5.91 Å². The maximum atomic E-state index is 12.2. The van der Waals surface area contributed by atoms with Crippen LogP contribution in [-0.2, 0) is 6.54 Å². The van der Waals surface area contributed by atoms with Crippen molar-refractivity contribution in [2.75, 3.05) is 7.11 Å². The van der Waals surface area contributed by atoms with E-state index < -0.39 is 0 Å². The van der Waals surface area contributed by atoms with Crippen molar-refractivity contribution in [3.63, 3.8) is 0 Å². The number of methoxy groups -OCH3 is 1. The Morgan fingerprint density at radius 1 is 1.22 bits per heavy atom. The fourth-order valence-corrected chi connectivity index (χ4v) is 2.26. The topological polar surface area (TPSA) is 56.1 Å². The summed E-state index contributed by atoms with van der Waals surface area (Å²) in [7, 11) is 1.62. The molecule has 23 heavy (non-hydrogen) atoms. The molecular formula is C18H17N3O2. The molecule has 0 aliphatic carbocycles. The summed E-state index contributed by atoms with van der Waals surface area (Å²) in [5.74, 6) is 0.673. The highest BCUT2D eigenvalue weighted by Gasteiger charge is 2.06. The lowest BCUT2D eigenvalue weighted by Crippen LogP contribution is -2.22. The van der Waals surface area contributed by atoms with E-state index in [2.05, 4.69) is 10.3 Å². The number of hydrogen-bond acceptors (Lipinski definition) is 3. The minimum absolute atomic E-state index is 0.106. The second kappa shape index (κ2) is 6.79. The highest BCUT2D eigenvalue weighted by atomic mass is 16.5. The first kappa shape index (κ1) is 14.8. The van der Waals surface area contributed by atoms with Crippen molar-refractivity contribution in [2.24, 2.45) is 0 Å². The van der Waals surface area contributed by atoms with E-state index in [-0.39, 0.29) is 5.91 Å². The third-order valence-corrected chi connectivity index (χ3v) is 3.52. The first-order valence-corrected chi connectivity index (χ1v) is 7.26. The van der Waals surface area contributed by atoms with Crippen LogP contribution in [0.2, 0.25) is 0 Å². The maximum Gasteiger partial charge on any atom is 0.251 e. The standard InChI is InChI=1S/C18H17N3O2/c1-23-17-4-2-3-14(11-17)12-20-18(22)15-5-7-16(8-6-15)21-10-9-19-13-21/h2-11,13H,12H2,1H3,(H,20,22). The number of rotatable bonds is 5. The third-order valence-electron chi connectivity index (χ3n) is 3.52. The molecule has 0 spiro atoms. The van der Waals surface area contributed by atoms with Crippen LogP contribution in [0.4, 0.5) is 0 Å². The Bertz CT molecular complexity index is 780. The van der Waals surface area contributed by atoms with Gasteiger partial charge in [-0.2, -0.15) is 0 Å². The maximum absolute atomic E-state index is 12.2. The van der Waals surface area contributed by atoms with E-state index in [1.165, 1.54) is 0 Å². The highest BCUT2D eigenvalue weighted by Crippen LogP contribution is 2.13. The van der Waals surface area contributed by atoms with Crippen molar-refractivity contribution in [3.05, 3.63) is 78.4 Å². The Morgan fingerprint density at radius 2 is 2.04 bits per heavy atom. The lowest BCUT2D eigenvalue weighted by molar-refractivity contribution is 0.0951. The molecule has 0 fully saturated rings. The van der Waals surface area contributed by atoms with Crippen molar-refractivity contribution in [1.29, 1.82) is 0 Å². The molecular weight excluding hydrogens is 290 g/mol. The molecule has 0 saturated heterocycles. The van der Waals surface area contributed by atoms with Crippen LogP contribution in [0.15, 0.2) is 67.3 Å². The fourth-order valence-electron chi connectivity index (χ4n) is 2.26. The zero-order chi connectivity index (χ0) is 16.1.